The van der Waals surface area contributed by atoms with Gasteiger partial charge in [-0.3, -0.25) is 14.5 Å². The van der Waals surface area contributed by atoms with Gasteiger partial charge in [-0.05, 0) is 36.1 Å². The summed E-state index contributed by atoms with van der Waals surface area (Å²) in [5, 5.41) is 8.41. The lowest BCUT2D eigenvalue weighted by Gasteiger charge is -2.02. The Balaban J connectivity index is 1.52. The van der Waals surface area contributed by atoms with Crippen LogP contribution in [0.3, 0.4) is 0 Å². The van der Waals surface area contributed by atoms with E-state index < -0.39 is 0 Å². The maximum absolute atomic E-state index is 12.6. The molecule has 3 heterocycles. The molecule has 25 heavy (non-hydrogen) atoms. The first kappa shape index (κ1) is 15.5. The van der Waals surface area contributed by atoms with Crippen LogP contribution in [0.15, 0.2) is 60.9 Å². The Morgan fingerprint density at radius 1 is 1.16 bits per heavy atom. The van der Waals surface area contributed by atoms with Crippen LogP contribution in [0.1, 0.15) is 20.9 Å². The van der Waals surface area contributed by atoms with Crippen LogP contribution >= 0.6 is 11.3 Å². The van der Waals surface area contributed by atoms with Crippen molar-refractivity contribution in [3.8, 4) is 0 Å². The maximum Gasteiger partial charge on any atom is 0.267 e. The minimum absolute atomic E-state index is 0.123. The zero-order chi connectivity index (χ0) is 17.2. The predicted molar refractivity (Wildman–Crippen MR) is 100 cm³/mol. The number of aryl methyl sites for hydroxylation is 1. The van der Waals surface area contributed by atoms with E-state index in [2.05, 4.69) is 15.4 Å². The Kier molecular flexibility index (Phi) is 4.03. The predicted octanol–water partition coefficient (Wildman–Crippen LogP) is 4.10. The number of hydrogen-bond acceptors (Lipinski definition) is 4. The molecule has 0 radical (unpaired) electrons. The van der Waals surface area contributed by atoms with Crippen molar-refractivity contribution < 1.29 is 4.79 Å². The lowest BCUT2D eigenvalue weighted by molar-refractivity contribution is 0.102. The number of carbonyl (C=O) groups excluding carboxylic acids is 1. The summed E-state index contributed by atoms with van der Waals surface area (Å²) >= 11 is 1.50. The van der Waals surface area contributed by atoms with E-state index in [0.717, 1.165) is 26.2 Å². The van der Waals surface area contributed by atoms with Gasteiger partial charge in [0.15, 0.2) is 5.82 Å². The van der Waals surface area contributed by atoms with Gasteiger partial charge in [0.2, 0.25) is 0 Å². The lowest BCUT2D eigenvalue weighted by atomic mass is 10.1. The number of nitrogens with zero attached hydrogens (tertiary/aromatic N) is 3. The molecule has 0 aliphatic carbocycles. The van der Waals surface area contributed by atoms with Crippen molar-refractivity contribution in [2.75, 3.05) is 5.32 Å². The van der Waals surface area contributed by atoms with Crippen molar-refractivity contribution in [3.05, 3.63) is 77.1 Å². The van der Waals surface area contributed by atoms with Crippen LogP contribution in [0.25, 0.3) is 10.1 Å². The molecular formula is C19H16N4OS. The second-order valence-electron chi connectivity index (χ2n) is 5.73. The van der Waals surface area contributed by atoms with E-state index in [9.17, 15) is 4.79 Å². The van der Waals surface area contributed by atoms with Gasteiger partial charge in [-0.15, -0.1) is 11.3 Å². The third-order valence-electron chi connectivity index (χ3n) is 3.98. The summed E-state index contributed by atoms with van der Waals surface area (Å²) in [5.41, 5.74) is 1.93. The molecule has 3 aromatic heterocycles. The number of thiophene rings is 1. The number of amides is 1. The summed E-state index contributed by atoms with van der Waals surface area (Å²) in [7, 11) is 0. The topological polar surface area (TPSA) is 59.8 Å². The van der Waals surface area contributed by atoms with Crippen molar-refractivity contribution in [1.29, 1.82) is 0 Å². The Morgan fingerprint density at radius 2 is 2.00 bits per heavy atom. The van der Waals surface area contributed by atoms with Gasteiger partial charge in [-0.2, -0.15) is 5.10 Å². The molecule has 0 aliphatic heterocycles. The van der Waals surface area contributed by atoms with Crippen molar-refractivity contribution in [2.45, 2.75) is 13.5 Å². The molecule has 5 nitrogen and oxygen atoms in total. The van der Waals surface area contributed by atoms with Crippen LogP contribution < -0.4 is 5.32 Å². The Bertz CT molecular complexity index is 1040. The van der Waals surface area contributed by atoms with Crippen LogP contribution in [-0.2, 0) is 6.54 Å². The summed E-state index contributed by atoms with van der Waals surface area (Å²) in [6.45, 7) is 2.55. The quantitative estimate of drug-likeness (QED) is 0.604. The van der Waals surface area contributed by atoms with E-state index in [-0.39, 0.29) is 5.91 Å². The van der Waals surface area contributed by atoms with E-state index >= 15 is 0 Å². The molecule has 0 unspecified atom stereocenters. The third-order valence-corrected chi connectivity index (χ3v) is 5.25. The molecule has 4 aromatic rings. The fourth-order valence-electron chi connectivity index (χ4n) is 2.74. The van der Waals surface area contributed by atoms with E-state index in [1.807, 2.05) is 55.6 Å². The third kappa shape index (κ3) is 3.16. The van der Waals surface area contributed by atoms with Gasteiger partial charge in [-0.25, -0.2) is 0 Å². The van der Waals surface area contributed by atoms with Gasteiger partial charge in [0, 0.05) is 23.2 Å². The second kappa shape index (κ2) is 6.49. The van der Waals surface area contributed by atoms with Crippen LogP contribution in [0, 0.1) is 6.92 Å². The number of benzene rings is 1. The zero-order valence-corrected chi connectivity index (χ0v) is 14.5. The number of pyridine rings is 1. The van der Waals surface area contributed by atoms with E-state index in [0.29, 0.717) is 12.4 Å². The fourth-order valence-corrected chi connectivity index (χ4v) is 3.84. The van der Waals surface area contributed by atoms with Crippen LogP contribution in [0.2, 0.25) is 0 Å². The van der Waals surface area contributed by atoms with Gasteiger partial charge in [-0.1, -0.05) is 24.3 Å². The summed E-state index contributed by atoms with van der Waals surface area (Å²) in [6.07, 6.45) is 3.59. The molecule has 0 aliphatic rings. The molecule has 0 atom stereocenters. The van der Waals surface area contributed by atoms with Crippen molar-refractivity contribution in [2.24, 2.45) is 0 Å². The minimum Gasteiger partial charge on any atom is -0.304 e. The summed E-state index contributed by atoms with van der Waals surface area (Å²) in [4.78, 5) is 17.6. The molecule has 1 aromatic carbocycles. The van der Waals surface area contributed by atoms with E-state index in [4.69, 9.17) is 0 Å². The van der Waals surface area contributed by atoms with Crippen LogP contribution in [-0.4, -0.2) is 20.7 Å². The molecule has 0 bridgehead atoms. The maximum atomic E-state index is 12.6. The number of fused-ring (bicyclic) bond motifs is 1. The monoisotopic (exact) mass is 348 g/mol. The minimum atomic E-state index is -0.123. The number of hydrogen-bond donors (Lipinski definition) is 1. The highest BCUT2D eigenvalue weighted by molar-refractivity contribution is 7.21. The van der Waals surface area contributed by atoms with Crippen LogP contribution in [0.5, 0.6) is 0 Å². The number of nitrogens with one attached hydrogen (secondary N) is 1. The molecular weight excluding hydrogens is 332 g/mol. The first-order valence-electron chi connectivity index (χ1n) is 7.93. The van der Waals surface area contributed by atoms with E-state index in [1.165, 1.54) is 11.3 Å². The first-order valence-corrected chi connectivity index (χ1v) is 8.75. The fraction of sp³-hybridized carbons (Fsp3) is 0.105. The SMILES string of the molecule is Cc1c(C(=O)Nc2ccn(Cc3ccccn3)n2)sc2ccccc12. The standard InChI is InChI=1S/C19H16N4OS/c1-13-15-7-2-3-8-16(15)25-18(13)19(24)21-17-9-11-23(22-17)12-14-6-4-5-10-20-14/h2-11H,12H2,1H3,(H,21,22,24). The number of carbonyl (C=O) groups is 1. The summed E-state index contributed by atoms with van der Waals surface area (Å²) in [6, 6.07) is 15.6. The largest absolute Gasteiger partial charge is 0.304 e. The molecule has 124 valence electrons. The van der Waals surface area contributed by atoms with Crippen molar-refractivity contribution in [3.63, 3.8) is 0 Å². The van der Waals surface area contributed by atoms with Crippen LogP contribution in [0.4, 0.5) is 5.82 Å². The highest BCUT2D eigenvalue weighted by Gasteiger charge is 2.16. The molecule has 4 rings (SSSR count). The highest BCUT2D eigenvalue weighted by atomic mass is 32.1. The Labute approximate surface area is 149 Å². The molecule has 0 saturated heterocycles. The normalized spacial score (nSPS) is 10.9. The van der Waals surface area contributed by atoms with Gasteiger partial charge >= 0.3 is 0 Å². The molecule has 0 spiro atoms. The number of rotatable bonds is 4. The van der Waals surface area contributed by atoms with Gasteiger partial charge in [0.1, 0.15) is 0 Å². The average Bonchev–Trinajstić information content (AvgIpc) is 3.20. The van der Waals surface area contributed by atoms with E-state index in [1.54, 1.807) is 16.9 Å². The smallest absolute Gasteiger partial charge is 0.267 e. The zero-order valence-electron chi connectivity index (χ0n) is 13.6. The lowest BCUT2D eigenvalue weighted by Crippen LogP contribution is -2.12. The Hall–Kier alpha value is -2.99. The highest BCUT2D eigenvalue weighted by Crippen LogP contribution is 2.30. The first-order chi connectivity index (χ1) is 12.2. The van der Waals surface area contributed by atoms with Crippen molar-refractivity contribution in [1.82, 2.24) is 14.8 Å². The number of anilines is 1. The Morgan fingerprint density at radius 3 is 2.80 bits per heavy atom. The molecule has 1 amide bonds. The van der Waals surface area contributed by atoms with Gasteiger partial charge in [0.05, 0.1) is 17.1 Å². The molecule has 1 N–H and O–H groups in total. The number of aromatic nitrogens is 3. The second-order valence-corrected chi connectivity index (χ2v) is 6.78. The van der Waals surface area contributed by atoms with Gasteiger partial charge in [0.25, 0.3) is 5.91 Å². The summed E-state index contributed by atoms with van der Waals surface area (Å²) in [5.74, 6) is 0.416. The van der Waals surface area contributed by atoms with Crippen molar-refractivity contribution >= 4 is 33.1 Å². The van der Waals surface area contributed by atoms with Gasteiger partial charge < -0.3 is 5.32 Å². The summed E-state index contributed by atoms with van der Waals surface area (Å²) < 4.78 is 2.88. The molecule has 6 heteroatoms. The molecule has 0 saturated carbocycles. The molecule has 0 fully saturated rings. The average molecular weight is 348 g/mol.